The van der Waals surface area contributed by atoms with E-state index in [0.29, 0.717) is 12.2 Å². The van der Waals surface area contributed by atoms with Gasteiger partial charge in [0.05, 0.1) is 12.1 Å². The van der Waals surface area contributed by atoms with E-state index in [-0.39, 0.29) is 11.5 Å². The van der Waals surface area contributed by atoms with Crippen LogP contribution in [0.25, 0.3) is 0 Å². The molecule has 0 saturated heterocycles. The Labute approximate surface area is 121 Å². The van der Waals surface area contributed by atoms with Crippen LogP contribution in [0.1, 0.15) is 21.5 Å². The van der Waals surface area contributed by atoms with Gasteiger partial charge < -0.3 is 15.5 Å². The summed E-state index contributed by atoms with van der Waals surface area (Å²) in [7, 11) is 0. The molecular formula is C16H14N2O3. The number of aryl methyl sites for hydroxylation is 1. The number of carbonyl (C=O) groups is 1. The zero-order valence-corrected chi connectivity index (χ0v) is 11.5. The van der Waals surface area contributed by atoms with Gasteiger partial charge in [-0.05, 0) is 36.8 Å². The second kappa shape index (κ2) is 6.55. The Kier molecular flexibility index (Phi) is 4.54. The highest BCUT2D eigenvalue weighted by molar-refractivity contribution is 6.04. The highest BCUT2D eigenvalue weighted by Crippen LogP contribution is 2.17. The molecular weight excluding hydrogens is 268 g/mol. The maximum atomic E-state index is 12.0. The topological polar surface area (TPSA) is 85.3 Å². The smallest absolute Gasteiger partial charge is 0.335 e. The van der Waals surface area contributed by atoms with Crippen LogP contribution in [0, 0.1) is 18.8 Å². The van der Waals surface area contributed by atoms with Crippen molar-refractivity contribution in [2.75, 3.05) is 11.9 Å². The Morgan fingerprint density at radius 2 is 2.14 bits per heavy atom. The van der Waals surface area contributed by atoms with E-state index in [1.807, 2.05) is 13.0 Å². The summed E-state index contributed by atoms with van der Waals surface area (Å²) in [6.07, 6.45) is 1.13. The van der Waals surface area contributed by atoms with Gasteiger partial charge in [0, 0.05) is 17.3 Å². The lowest BCUT2D eigenvalue weighted by Gasteiger charge is -2.08. The molecule has 21 heavy (non-hydrogen) atoms. The summed E-state index contributed by atoms with van der Waals surface area (Å²) in [5, 5.41) is 2.76. The van der Waals surface area contributed by atoms with Crippen LogP contribution in [-0.4, -0.2) is 12.5 Å². The normalized spacial score (nSPS) is 9.62. The Morgan fingerprint density at radius 3 is 2.76 bits per heavy atom. The molecule has 0 radical (unpaired) electrons. The molecule has 0 aliphatic heterocycles. The summed E-state index contributed by atoms with van der Waals surface area (Å²) < 4.78 is 4.66. The molecule has 1 heterocycles. The lowest BCUT2D eigenvalue weighted by molar-refractivity contribution is 0.102. The summed E-state index contributed by atoms with van der Waals surface area (Å²) in [5.41, 5.74) is 7.49. The van der Waals surface area contributed by atoms with Crippen LogP contribution < -0.4 is 16.7 Å². The first-order chi connectivity index (χ1) is 10.1. The van der Waals surface area contributed by atoms with Crippen LogP contribution >= 0.6 is 0 Å². The molecule has 2 rings (SSSR count). The Balaban J connectivity index is 2.17. The second-order valence-electron chi connectivity index (χ2n) is 4.33. The van der Waals surface area contributed by atoms with E-state index in [1.165, 1.54) is 12.1 Å². The largest absolute Gasteiger partial charge is 0.430 e. The highest BCUT2D eigenvalue weighted by Gasteiger charge is 2.08. The summed E-state index contributed by atoms with van der Waals surface area (Å²) in [5.74, 6) is 5.35. The van der Waals surface area contributed by atoms with Gasteiger partial charge >= 0.3 is 5.63 Å². The van der Waals surface area contributed by atoms with Gasteiger partial charge in [-0.3, -0.25) is 4.79 Å². The van der Waals surface area contributed by atoms with Crippen molar-refractivity contribution in [2.45, 2.75) is 6.92 Å². The molecule has 0 saturated carbocycles. The lowest BCUT2D eigenvalue weighted by atomic mass is 10.1. The number of hydrogen-bond acceptors (Lipinski definition) is 4. The second-order valence-corrected chi connectivity index (χ2v) is 4.33. The molecule has 0 aliphatic rings. The van der Waals surface area contributed by atoms with Gasteiger partial charge in [0.25, 0.3) is 5.91 Å². The van der Waals surface area contributed by atoms with Gasteiger partial charge in [-0.25, -0.2) is 4.79 Å². The molecule has 0 atom stereocenters. The standard InChI is InChI=1S/C16H14N2O3/c1-11-9-12(3-2-8-17)4-6-14(11)18-16(20)13-5-7-15(19)21-10-13/h4-7,9-10H,8,17H2,1H3,(H,18,20). The average Bonchev–Trinajstić information content (AvgIpc) is 2.48. The fourth-order valence-corrected chi connectivity index (χ4v) is 1.72. The number of rotatable bonds is 2. The molecule has 0 unspecified atom stereocenters. The fourth-order valence-electron chi connectivity index (χ4n) is 1.72. The zero-order valence-electron chi connectivity index (χ0n) is 11.5. The Morgan fingerprint density at radius 1 is 1.33 bits per heavy atom. The Bertz CT molecular complexity index is 762. The van der Waals surface area contributed by atoms with E-state index in [2.05, 4.69) is 21.6 Å². The van der Waals surface area contributed by atoms with Crippen molar-refractivity contribution < 1.29 is 9.21 Å². The Hall–Kier alpha value is -2.84. The van der Waals surface area contributed by atoms with Gasteiger partial charge in [0.15, 0.2) is 0 Å². The van der Waals surface area contributed by atoms with Crippen molar-refractivity contribution in [1.82, 2.24) is 0 Å². The minimum absolute atomic E-state index is 0.279. The van der Waals surface area contributed by atoms with Crippen molar-refractivity contribution in [3.63, 3.8) is 0 Å². The molecule has 5 heteroatoms. The van der Waals surface area contributed by atoms with Crippen molar-refractivity contribution in [3.8, 4) is 11.8 Å². The SMILES string of the molecule is Cc1cc(C#CCN)ccc1NC(=O)c1ccc(=O)oc1. The zero-order chi connectivity index (χ0) is 15.2. The minimum Gasteiger partial charge on any atom is -0.430 e. The summed E-state index contributed by atoms with van der Waals surface area (Å²) in [6, 6.07) is 8.05. The van der Waals surface area contributed by atoms with Crippen molar-refractivity contribution in [2.24, 2.45) is 5.73 Å². The average molecular weight is 282 g/mol. The van der Waals surface area contributed by atoms with Gasteiger partial charge in [-0.2, -0.15) is 0 Å². The third-order valence-electron chi connectivity index (χ3n) is 2.77. The van der Waals surface area contributed by atoms with Crippen LogP contribution in [0.15, 0.2) is 45.8 Å². The van der Waals surface area contributed by atoms with Gasteiger partial charge in [0.2, 0.25) is 0 Å². The van der Waals surface area contributed by atoms with E-state index in [0.717, 1.165) is 17.4 Å². The predicted octanol–water partition coefficient (Wildman–Crippen LogP) is 1.51. The van der Waals surface area contributed by atoms with Crippen molar-refractivity contribution >= 4 is 11.6 Å². The van der Waals surface area contributed by atoms with Gasteiger partial charge in [-0.1, -0.05) is 11.8 Å². The van der Waals surface area contributed by atoms with Gasteiger partial charge in [0.1, 0.15) is 6.26 Å². The number of carbonyl (C=O) groups excluding carboxylic acids is 1. The molecule has 106 valence electrons. The third-order valence-corrected chi connectivity index (χ3v) is 2.77. The molecule has 3 N–H and O–H groups in total. The number of amides is 1. The molecule has 0 aliphatic carbocycles. The number of nitrogens with one attached hydrogen (secondary N) is 1. The molecule has 0 fully saturated rings. The minimum atomic E-state index is -0.495. The first-order valence-electron chi connectivity index (χ1n) is 6.30. The third kappa shape index (κ3) is 3.81. The maximum Gasteiger partial charge on any atom is 0.335 e. The molecule has 1 aromatic heterocycles. The number of nitrogens with two attached hydrogens (primary N) is 1. The molecule has 0 bridgehead atoms. The lowest BCUT2D eigenvalue weighted by Crippen LogP contribution is -2.13. The van der Waals surface area contributed by atoms with E-state index in [1.54, 1.807) is 12.1 Å². The summed E-state index contributed by atoms with van der Waals surface area (Å²) >= 11 is 0. The van der Waals surface area contributed by atoms with Crippen molar-refractivity contribution in [3.05, 3.63) is 63.7 Å². The first kappa shape index (κ1) is 14.6. The molecule has 0 spiro atoms. The quantitative estimate of drug-likeness (QED) is 0.818. The number of benzene rings is 1. The molecule has 5 nitrogen and oxygen atoms in total. The maximum absolute atomic E-state index is 12.0. The van der Waals surface area contributed by atoms with E-state index in [4.69, 9.17) is 5.73 Å². The van der Waals surface area contributed by atoms with Crippen LogP contribution in [0.3, 0.4) is 0 Å². The fraction of sp³-hybridized carbons (Fsp3) is 0.125. The van der Waals surface area contributed by atoms with E-state index < -0.39 is 5.63 Å². The highest BCUT2D eigenvalue weighted by atomic mass is 16.4. The first-order valence-corrected chi connectivity index (χ1v) is 6.30. The van der Waals surface area contributed by atoms with Crippen molar-refractivity contribution in [1.29, 1.82) is 0 Å². The van der Waals surface area contributed by atoms with E-state index in [9.17, 15) is 9.59 Å². The van der Waals surface area contributed by atoms with Gasteiger partial charge in [-0.15, -0.1) is 0 Å². The summed E-state index contributed by atoms with van der Waals surface area (Å²) in [6.45, 7) is 2.17. The van der Waals surface area contributed by atoms with E-state index >= 15 is 0 Å². The van der Waals surface area contributed by atoms with Crippen LogP contribution in [0.2, 0.25) is 0 Å². The van der Waals surface area contributed by atoms with Crippen LogP contribution in [0.5, 0.6) is 0 Å². The molecule has 1 aromatic carbocycles. The number of hydrogen-bond donors (Lipinski definition) is 2. The predicted molar refractivity (Wildman–Crippen MR) is 80.0 cm³/mol. The summed E-state index contributed by atoms with van der Waals surface area (Å²) in [4.78, 5) is 22.9. The van der Waals surface area contributed by atoms with Crippen LogP contribution in [0.4, 0.5) is 5.69 Å². The molecule has 2 aromatic rings. The number of anilines is 1. The molecule has 1 amide bonds. The van der Waals surface area contributed by atoms with Crippen LogP contribution in [-0.2, 0) is 0 Å². The monoisotopic (exact) mass is 282 g/mol.